The van der Waals surface area contributed by atoms with Crippen LogP contribution in [0, 0.1) is 11.6 Å². The quantitative estimate of drug-likeness (QED) is 0.402. The summed E-state index contributed by atoms with van der Waals surface area (Å²) in [6.45, 7) is 0.495. The molecular formula is C23H19Cl2F2N3O2. The first-order valence-electron chi connectivity index (χ1n) is 9.66. The molecule has 0 aliphatic rings. The van der Waals surface area contributed by atoms with E-state index in [0.29, 0.717) is 33.4 Å². The number of amides is 3. The summed E-state index contributed by atoms with van der Waals surface area (Å²) in [5.74, 6) is -1.25. The van der Waals surface area contributed by atoms with Crippen LogP contribution in [0.15, 0.2) is 66.7 Å². The van der Waals surface area contributed by atoms with Gasteiger partial charge in [-0.05, 0) is 73.2 Å². The summed E-state index contributed by atoms with van der Waals surface area (Å²) in [6.07, 6.45) is 0.409. The number of hydrogen-bond donors (Lipinski definition) is 2. The van der Waals surface area contributed by atoms with Gasteiger partial charge in [0.2, 0.25) is 0 Å². The fraction of sp³-hybridized carbons (Fsp3) is 0.130. The van der Waals surface area contributed by atoms with Gasteiger partial charge in [-0.25, -0.2) is 13.6 Å². The summed E-state index contributed by atoms with van der Waals surface area (Å²) in [7, 11) is 0. The molecule has 3 amide bonds. The van der Waals surface area contributed by atoms with Gasteiger partial charge in [0.15, 0.2) is 0 Å². The number of benzene rings is 3. The molecule has 0 aromatic heterocycles. The highest BCUT2D eigenvalue weighted by Gasteiger charge is 2.18. The zero-order valence-electron chi connectivity index (χ0n) is 16.7. The van der Waals surface area contributed by atoms with Crippen LogP contribution in [0.2, 0.25) is 10.0 Å². The predicted molar refractivity (Wildman–Crippen MR) is 123 cm³/mol. The Labute approximate surface area is 193 Å². The minimum atomic E-state index is -0.465. The van der Waals surface area contributed by atoms with Crippen molar-refractivity contribution in [3.05, 3.63) is 94.0 Å². The van der Waals surface area contributed by atoms with Crippen molar-refractivity contribution in [3.8, 4) is 0 Å². The average Bonchev–Trinajstić information content (AvgIpc) is 2.77. The highest BCUT2D eigenvalue weighted by Crippen LogP contribution is 2.25. The third kappa shape index (κ3) is 6.42. The highest BCUT2D eigenvalue weighted by molar-refractivity contribution is 6.36. The van der Waals surface area contributed by atoms with E-state index in [1.807, 2.05) is 0 Å². The normalized spacial score (nSPS) is 10.5. The Bertz CT molecular complexity index is 1090. The summed E-state index contributed by atoms with van der Waals surface area (Å²) in [5, 5.41) is 6.06. The van der Waals surface area contributed by atoms with Crippen LogP contribution >= 0.6 is 23.2 Å². The monoisotopic (exact) mass is 477 g/mol. The van der Waals surface area contributed by atoms with Gasteiger partial charge in [0.05, 0.1) is 10.7 Å². The molecule has 0 fully saturated rings. The second-order valence-corrected chi connectivity index (χ2v) is 7.64. The molecule has 0 spiro atoms. The Morgan fingerprint density at radius 3 is 2.12 bits per heavy atom. The second-order valence-electron chi connectivity index (χ2n) is 6.80. The Kier molecular flexibility index (Phi) is 8.03. The van der Waals surface area contributed by atoms with Gasteiger partial charge in [-0.3, -0.25) is 4.79 Å². The summed E-state index contributed by atoms with van der Waals surface area (Å²) in [4.78, 5) is 26.5. The van der Waals surface area contributed by atoms with Gasteiger partial charge in [0.1, 0.15) is 11.6 Å². The van der Waals surface area contributed by atoms with Crippen LogP contribution in [0.25, 0.3) is 0 Å². The van der Waals surface area contributed by atoms with Gasteiger partial charge in [-0.15, -0.1) is 0 Å². The van der Waals surface area contributed by atoms with Gasteiger partial charge in [-0.2, -0.15) is 0 Å². The van der Waals surface area contributed by atoms with Crippen LogP contribution in [0.5, 0.6) is 0 Å². The fourth-order valence-electron chi connectivity index (χ4n) is 2.91. The second kappa shape index (κ2) is 10.9. The smallest absolute Gasteiger partial charge is 0.319 e. The first kappa shape index (κ1) is 23.5. The van der Waals surface area contributed by atoms with Crippen molar-refractivity contribution in [3.63, 3.8) is 0 Å². The molecule has 0 radical (unpaired) electrons. The third-order valence-corrected chi connectivity index (χ3v) is 5.05. The molecule has 0 heterocycles. The van der Waals surface area contributed by atoms with E-state index in [2.05, 4.69) is 10.6 Å². The molecule has 0 saturated carbocycles. The van der Waals surface area contributed by atoms with Crippen molar-refractivity contribution >= 4 is 46.5 Å². The summed E-state index contributed by atoms with van der Waals surface area (Å²) >= 11 is 11.9. The van der Waals surface area contributed by atoms with E-state index in [9.17, 15) is 18.4 Å². The number of anilines is 2. The van der Waals surface area contributed by atoms with E-state index < -0.39 is 17.7 Å². The third-order valence-electron chi connectivity index (χ3n) is 4.50. The van der Waals surface area contributed by atoms with Crippen LogP contribution < -0.4 is 15.5 Å². The first-order chi connectivity index (χ1) is 15.3. The average molecular weight is 478 g/mol. The maximum atomic E-state index is 13.3. The SMILES string of the molecule is O=C(NCCCN(C(=O)c1ccc(F)cc1)c1ccc(F)cc1)Nc1ccc(Cl)cc1Cl. The first-order valence-corrected chi connectivity index (χ1v) is 10.4. The van der Waals surface area contributed by atoms with Crippen LogP contribution in [-0.4, -0.2) is 25.0 Å². The molecule has 0 bridgehead atoms. The summed E-state index contributed by atoms with van der Waals surface area (Å²) < 4.78 is 26.5. The number of urea groups is 1. The lowest BCUT2D eigenvalue weighted by molar-refractivity contribution is 0.0986. The van der Waals surface area contributed by atoms with Crippen molar-refractivity contribution in [2.45, 2.75) is 6.42 Å². The molecule has 0 atom stereocenters. The lowest BCUT2D eigenvalue weighted by atomic mass is 10.1. The maximum Gasteiger partial charge on any atom is 0.319 e. The zero-order chi connectivity index (χ0) is 23.1. The van der Waals surface area contributed by atoms with Crippen molar-refractivity contribution in [1.29, 1.82) is 0 Å². The molecule has 0 aliphatic heterocycles. The molecule has 5 nitrogen and oxygen atoms in total. The number of nitrogens with zero attached hydrogens (tertiary/aromatic N) is 1. The molecule has 3 rings (SSSR count). The van der Waals surface area contributed by atoms with Crippen molar-refractivity contribution in [1.82, 2.24) is 5.32 Å². The number of hydrogen-bond acceptors (Lipinski definition) is 2. The highest BCUT2D eigenvalue weighted by atomic mass is 35.5. The number of rotatable bonds is 7. The number of carbonyl (C=O) groups excluding carboxylic acids is 2. The molecule has 9 heteroatoms. The van der Waals surface area contributed by atoms with Crippen LogP contribution in [0.3, 0.4) is 0 Å². The Balaban J connectivity index is 1.61. The predicted octanol–water partition coefficient (Wildman–Crippen LogP) is 6.13. The van der Waals surface area contributed by atoms with Gasteiger partial charge in [0, 0.05) is 29.4 Å². The zero-order valence-corrected chi connectivity index (χ0v) is 18.3. The Hall–Kier alpha value is -3.16. The van der Waals surface area contributed by atoms with E-state index in [0.717, 1.165) is 0 Å². The molecule has 3 aromatic rings. The van der Waals surface area contributed by atoms with E-state index in [-0.39, 0.29) is 19.0 Å². The minimum absolute atomic E-state index is 0.240. The van der Waals surface area contributed by atoms with E-state index in [1.165, 1.54) is 59.5 Å². The molecular weight excluding hydrogens is 459 g/mol. The summed E-state index contributed by atoms with van der Waals surface area (Å²) in [5.41, 5.74) is 1.19. The van der Waals surface area contributed by atoms with Crippen molar-refractivity contribution in [2.75, 3.05) is 23.3 Å². The molecule has 0 aliphatic carbocycles. The van der Waals surface area contributed by atoms with E-state index >= 15 is 0 Å². The number of halogens is 4. The van der Waals surface area contributed by atoms with Gasteiger partial charge in [-0.1, -0.05) is 23.2 Å². The molecule has 32 heavy (non-hydrogen) atoms. The van der Waals surface area contributed by atoms with Gasteiger partial charge >= 0.3 is 6.03 Å². The van der Waals surface area contributed by atoms with Gasteiger partial charge < -0.3 is 15.5 Å². The largest absolute Gasteiger partial charge is 0.338 e. The molecule has 166 valence electrons. The summed E-state index contributed by atoms with van der Waals surface area (Å²) in [6, 6.07) is 14.9. The Morgan fingerprint density at radius 2 is 1.50 bits per heavy atom. The van der Waals surface area contributed by atoms with Crippen LogP contribution in [0.1, 0.15) is 16.8 Å². The fourth-order valence-corrected chi connectivity index (χ4v) is 3.37. The number of nitrogens with one attached hydrogen (secondary N) is 2. The van der Waals surface area contributed by atoms with Crippen LogP contribution in [-0.2, 0) is 0 Å². The van der Waals surface area contributed by atoms with E-state index in [4.69, 9.17) is 23.2 Å². The Morgan fingerprint density at radius 1 is 0.875 bits per heavy atom. The van der Waals surface area contributed by atoms with Crippen molar-refractivity contribution in [2.24, 2.45) is 0 Å². The van der Waals surface area contributed by atoms with Crippen molar-refractivity contribution < 1.29 is 18.4 Å². The topological polar surface area (TPSA) is 61.4 Å². The lowest BCUT2D eigenvalue weighted by Crippen LogP contribution is -2.35. The lowest BCUT2D eigenvalue weighted by Gasteiger charge is -2.23. The van der Waals surface area contributed by atoms with E-state index in [1.54, 1.807) is 12.1 Å². The molecule has 3 aromatic carbocycles. The van der Waals surface area contributed by atoms with Gasteiger partial charge in [0.25, 0.3) is 5.91 Å². The van der Waals surface area contributed by atoms with Crippen LogP contribution in [0.4, 0.5) is 25.0 Å². The number of carbonyl (C=O) groups is 2. The minimum Gasteiger partial charge on any atom is -0.338 e. The maximum absolute atomic E-state index is 13.3. The molecule has 0 unspecified atom stereocenters. The molecule has 0 saturated heterocycles. The molecule has 2 N–H and O–H groups in total. The standard InChI is InChI=1S/C23H19Cl2F2N3O2/c24-16-4-11-21(20(25)14-16)29-23(32)28-12-1-13-30(19-9-7-18(27)8-10-19)22(31)15-2-5-17(26)6-3-15/h2-11,14H,1,12-13H2,(H2,28,29,32).